The van der Waals surface area contributed by atoms with E-state index in [4.69, 9.17) is 0 Å². The van der Waals surface area contributed by atoms with Crippen molar-refractivity contribution in [2.75, 3.05) is 39.8 Å². The maximum Gasteiger partial charge on any atom is 0.262 e. The molecule has 116 valence electrons. The predicted octanol–water partition coefficient (Wildman–Crippen LogP) is 1.17. The highest BCUT2D eigenvalue weighted by atomic mass is 19.3. The number of nitrogens with zero attached hydrogens (tertiary/aromatic N) is 2. The van der Waals surface area contributed by atoms with E-state index >= 15 is 0 Å². The van der Waals surface area contributed by atoms with Crippen LogP contribution in [0.5, 0.6) is 0 Å². The second kappa shape index (κ2) is 6.35. The molecule has 0 bridgehead atoms. The molecule has 2 atom stereocenters. The van der Waals surface area contributed by atoms with Gasteiger partial charge in [-0.2, -0.15) is 0 Å². The van der Waals surface area contributed by atoms with Gasteiger partial charge in [0, 0.05) is 26.1 Å². The number of alkyl halides is 2. The van der Waals surface area contributed by atoms with Gasteiger partial charge in [0.15, 0.2) is 0 Å². The van der Waals surface area contributed by atoms with E-state index in [1.54, 1.807) is 4.90 Å². The molecule has 2 rings (SSSR count). The third kappa shape index (κ3) is 3.88. The van der Waals surface area contributed by atoms with Gasteiger partial charge in [-0.25, -0.2) is 8.78 Å². The lowest BCUT2D eigenvalue weighted by atomic mass is 10.1. The van der Waals surface area contributed by atoms with E-state index in [1.165, 1.54) is 0 Å². The van der Waals surface area contributed by atoms with Gasteiger partial charge in [0.1, 0.15) is 0 Å². The van der Waals surface area contributed by atoms with E-state index < -0.39 is 12.0 Å². The van der Waals surface area contributed by atoms with Crippen molar-refractivity contribution in [2.24, 2.45) is 5.92 Å². The number of nitrogens with one attached hydrogen (secondary N) is 1. The van der Waals surface area contributed by atoms with Crippen LogP contribution in [0.4, 0.5) is 8.78 Å². The molecule has 0 radical (unpaired) electrons. The average Bonchev–Trinajstić information content (AvgIpc) is 2.95. The lowest BCUT2D eigenvalue weighted by Crippen LogP contribution is -2.42. The molecule has 6 heteroatoms. The van der Waals surface area contributed by atoms with Crippen LogP contribution in [0.1, 0.15) is 26.2 Å². The van der Waals surface area contributed by atoms with Crippen LogP contribution in [0.3, 0.4) is 0 Å². The number of likely N-dealkylation sites (tertiary alicyclic amines) is 1. The monoisotopic (exact) mass is 289 g/mol. The van der Waals surface area contributed by atoms with Gasteiger partial charge < -0.3 is 9.80 Å². The molecule has 0 saturated carbocycles. The first kappa shape index (κ1) is 15.6. The summed E-state index contributed by atoms with van der Waals surface area (Å²) in [5.41, 5.74) is 0. The standard InChI is InChI=1S/C14H25F2N3O/c1-3-5-18(2)8-11-4-6-19(9-11)13(20)12-7-14(15,16)10-17-12/h11-12,17H,3-10H2,1-2H3. The molecule has 0 aliphatic carbocycles. The fourth-order valence-corrected chi connectivity index (χ4v) is 3.21. The molecule has 0 aromatic carbocycles. The van der Waals surface area contributed by atoms with Crippen LogP contribution in [0.2, 0.25) is 0 Å². The molecule has 20 heavy (non-hydrogen) atoms. The number of carbonyl (C=O) groups is 1. The molecule has 0 aromatic rings. The van der Waals surface area contributed by atoms with Gasteiger partial charge in [-0.15, -0.1) is 0 Å². The zero-order valence-electron chi connectivity index (χ0n) is 12.4. The number of hydrogen-bond donors (Lipinski definition) is 1. The SMILES string of the molecule is CCCN(C)CC1CCN(C(=O)C2CC(F)(F)CN2)C1. The van der Waals surface area contributed by atoms with Crippen molar-refractivity contribution in [3.05, 3.63) is 0 Å². The zero-order chi connectivity index (χ0) is 14.8. The van der Waals surface area contributed by atoms with E-state index in [-0.39, 0.29) is 18.9 Å². The zero-order valence-corrected chi connectivity index (χ0v) is 12.4. The highest BCUT2D eigenvalue weighted by molar-refractivity contribution is 5.82. The Bertz CT molecular complexity index is 351. The first-order valence-electron chi connectivity index (χ1n) is 7.50. The van der Waals surface area contributed by atoms with Crippen LogP contribution >= 0.6 is 0 Å². The number of halogens is 2. The summed E-state index contributed by atoms with van der Waals surface area (Å²) >= 11 is 0. The van der Waals surface area contributed by atoms with E-state index in [0.29, 0.717) is 19.0 Å². The Hall–Kier alpha value is -0.750. The van der Waals surface area contributed by atoms with Gasteiger partial charge in [0.25, 0.3) is 5.92 Å². The topological polar surface area (TPSA) is 35.6 Å². The number of hydrogen-bond acceptors (Lipinski definition) is 3. The fraction of sp³-hybridized carbons (Fsp3) is 0.929. The summed E-state index contributed by atoms with van der Waals surface area (Å²) in [5, 5.41) is 2.65. The second-order valence-corrected chi connectivity index (χ2v) is 6.19. The van der Waals surface area contributed by atoms with E-state index in [0.717, 1.165) is 25.9 Å². The average molecular weight is 289 g/mol. The molecule has 2 heterocycles. The summed E-state index contributed by atoms with van der Waals surface area (Å²) in [7, 11) is 2.09. The Morgan fingerprint density at radius 2 is 2.25 bits per heavy atom. The lowest BCUT2D eigenvalue weighted by molar-refractivity contribution is -0.132. The van der Waals surface area contributed by atoms with Crippen molar-refractivity contribution in [3.8, 4) is 0 Å². The smallest absolute Gasteiger partial charge is 0.262 e. The number of amides is 1. The van der Waals surface area contributed by atoms with Crippen LogP contribution in [-0.2, 0) is 4.79 Å². The van der Waals surface area contributed by atoms with E-state index in [9.17, 15) is 13.6 Å². The Balaban J connectivity index is 1.79. The summed E-state index contributed by atoms with van der Waals surface area (Å²) in [6.45, 7) is 5.21. The van der Waals surface area contributed by atoms with Crippen LogP contribution in [0, 0.1) is 5.92 Å². The Morgan fingerprint density at radius 3 is 2.85 bits per heavy atom. The van der Waals surface area contributed by atoms with Gasteiger partial charge in [-0.3, -0.25) is 10.1 Å². The molecule has 2 unspecified atom stereocenters. The normalized spacial score (nSPS) is 29.4. The quantitative estimate of drug-likeness (QED) is 0.825. The predicted molar refractivity (Wildman–Crippen MR) is 73.8 cm³/mol. The third-order valence-corrected chi connectivity index (χ3v) is 4.18. The highest BCUT2D eigenvalue weighted by Crippen LogP contribution is 2.27. The van der Waals surface area contributed by atoms with Gasteiger partial charge in [0.05, 0.1) is 12.6 Å². The first-order valence-corrected chi connectivity index (χ1v) is 7.50. The van der Waals surface area contributed by atoms with Crippen molar-refractivity contribution in [3.63, 3.8) is 0 Å². The van der Waals surface area contributed by atoms with Crippen LogP contribution in [0.25, 0.3) is 0 Å². The van der Waals surface area contributed by atoms with Gasteiger partial charge >= 0.3 is 0 Å². The van der Waals surface area contributed by atoms with Crippen LogP contribution < -0.4 is 5.32 Å². The van der Waals surface area contributed by atoms with Crippen molar-refractivity contribution in [2.45, 2.75) is 38.2 Å². The Labute approximate surface area is 119 Å². The van der Waals surface area contributed by atoms with Gasteiger partial charge in [-0.05, 0) is 32.4 Å². The van der Waals surface area contributed by atoms with Crippen LogP contribution in [-0.4, -0.2) is 67.4 Å². The molecule has 4 nitrogen and oxygen atoms in total. The molecule has 2 aliphatic rings. The van der Waals surface area contributed by atoms with Gasteiger partial charge in [-0.1, -0.05) is 6.92 Å². The Morgan fingerprint density at radius 1 is 1.50 bits per heavy atom. The minimum absolute atomic E-state index is 0.150. The molecule has 2 fully saturated rings. The van der Waals surface area contributed by atoms with Crippen LogP contribution in [0.15, 0.2) is 0 Å². The number of rotatable bonds is 5. The lowest BCUT2D eigenvalue weighted by Gasteiger charge is -2.22. The fourth-order valence-electron chi connectivity index (χ4n) is 3.21. The van der Waals surface area contributed by atoms with Gasteiger partial charge in [0.2, 0.25) is 5.91 Å². The minimum Gasteiger partial charge on any atom is -0.341 e. The summed E-state index contributed by atoms with van der Waals surface area (Å²) in [4.78, 5) is 16.2. The summed E-state index contributed by atoms with van der Waals surface area (Å²) < 4.78 is 26.3. The third-order valence-electron chi connectivity index (χ3n) is 4.18. The maximum absolute atomic E-state index is 13.1. The van der Waals surface area contributed by atoms with Crippen molar-refractivity contribution in [1.29, 1.82) is 0 Å². The number of carbonyl (C=O) groups excluding carboxylic acids is 1. The molecule has 1 N–H and O–H groups in total. The summed E-state index contributed by atoms with van der Waals surface area (Å²) in [6.07, 6.45) is 1.73. The molecule has 0 spiro atoms. The van der Waals surface area contributed by atoms with E-state index in [1.807, 2.05) is 0 Å². The summed E-state index contributed by atoms with van der Waals surface area (Å²) in [6, 6.07) is -0.697. The molecular formula is C14H25F2N3O. The summed E-state index contributed by atoms with van der Waals surface area (Å²) in [5.74, 6) is -2.42. The van der Waals surface area contributed by atoms with Crippen molar-refractivity contribution >= 4 is 5.91 Å². The largest absolute Gasteiger partial charge is 0.341 e. The molecule has 1 amide bonds. The molecule has 0 aromatic heterocycles. The van der Waals surface area contributed by atoms with Crippen molar-refractivity contribution < 1.29 is 13.6 Å². The molecule has 2 saturated heterocycles. The Kier molecular flexibility index (Phi) is 4.96. The molecular weight excluding hydrogens is 264 g/mol. The van der Waals surface area contributed by atoms with Crippen molar-refractivity contribution in [1.82, 2.24) is 15.1 Å². The maximum atomic E-state index is 13.1. The molecule has 2 aliphatic heterocycles. The first-order chi connectivity index (χ1) is 9.41. The highest BCUT2D eigenvalue weighted by Gasteiger charge is 2.44. The minimum atomic E-state index is -2.74. The van der Waals surface area contributed by atoms with E-state index in [2.05, 4.69) is 24.2 Å². The second-order valence-electron chi connectivity index (χ2n) is 6.19.